The van der Waals surface area contributed by atoms with Crippen molar-refractivity contribution in [1.82, 2.24) is 10.2 Å². The van der Waals surface area contributed by atoms with Crippen LogP contribution in [0.3, 0.4) is 0 Å². The second-order valence-corrected chi connectivity index (χ2v) is 7.56. The van der Waals surface area contributed by atoms with Crippen molar-refractivity contribution in [2.75, 3.05) is 21.3 Å². The molecule has 0 bridgehead atoms. The quantitative estimate of drug-likeness (QED) is 0.692. The van der Waals surface area contributed by atoms with Crippen LogP contribution >= 0.6 is 11.3 Å². The van der Waals surface area contributed by atoms with Gasteiger partial charge in [-0.1, -0.05) is 18.2 Å². The molecule has 1 fully saturated rings. The van der Waals surface area contributed by atoms with E-state index in [0.29, 0.717) is 0 Å². The van der Waals surface area contributed by atoms with Crippen molar-refractivity contribution in [2.45, 2.75) is 17.9 Å². The lowest BCUT2D eigenvalue weighted by atomic mass is 9.77. The van der Waals surface area contributed by atoms with Crippen LogP contribution in [0.5, 0.6) is 11.5 Å². The van der Waals surface area contributed by atoms with E-state index in [1.165, 1.54) is 49.9 Å². The van der Waals surface area contributed by atoms with Gasteiger partial charge >= 0.3 is 12.2 Å². The molecule has 0 radical (unpaired) electrons. The molecule has 1 aromatic heterocycles. The lowest BCUT2D eigenvalue weighted by Gasteiger charge is -2.49. The summed E-state index contributed by atoms with van der Waals surface area (Å²) < 4.78 is 52.9. The van der Waals surface area contributed by atoms with Crippen molar-refractivity contribution in [3.05, 3.63) is 46.2 Å². The summed E-state index contributed by atoms with van der Waals surface area (Å²) in [6.07, 6.45) is -5.32. The molecule has 1 aromatic carbocycles. The summed E-state index contributed by atoms with van der Waals surface area (Å²) in [5, 5.41) is 14.8. The first kappa shape index (κ1) is 21.9. The summed E-state index contributed by atoms with van der Waals surface area (Å²) in [4.78, 5) is 25.8. The van der Waals surface area contributed by atoms with Gasteiger partial charge in [-0.15, -0.1) is 11.3 Å². The highest BCUT2D eigenvalue weighted by Gasteiger charge is 2.69. The fourth-order valence-electron chi connectivity index (χ4n) is 3.60. The number of thiophene rings is 1. The lowest BCUT2D eigenvalue weighted by Crippen LogP contribution is -2.72. The van der Waals surface area contributed by atoms with Crippen LogP contribution < -0.4 is 14.8 Å². The van der Waals surface area contributed by atoms with E-state index in [2.05, 4.69) is 5.32 Å². The second-order valence-electron chi connectivity index (χ2n) is 6.61. The number of amides is 2. The number of Topliss-reactive ketones (excluding diaryl/α,β-unsaturated/α-hetero) is 1. The molecule has 30 heavy (non-hydrogen) atoms. The van der Waals surface area contributed by atoms with Crippen molar-refractivity contribution in [2.24, 2.45) is 5.92 Å². The molecule has 2 N–H and O–H groups in total. The zero-order valence-electron chi connectivity index (χ0n) is 16.2. The molecular formula is C19H19F3N2O5S. The molecule has 3 rings (SSSR count). The minimum Gasteiger partial charge on any atom is -0.493 e. The third kappa shape index (κ3) is 3.27. The van der Waals surface area contributed by atoms with Gasteiger partial charge in [-0.05, 0) is 17.5 Å². The number of rotatable bonds is 5. The van der Waals surface area contributed by atoms with E-state index in [1.54, 1.807) is 0 Å². The lowest BCUT2D eigenvalue weighted by molar-refractivity contribution is -0.322. The fourth-order valence-corrected chi connectivity index (χ4v) is 4.30. The predicted octanol–water partition coefficient (Wildman–Crippen LogP) is 3.21. The van der Waals surface area contributed by atoms with Crippen molar-refractivity contribution in [3.8, 4) is 11.5 Å². The van der Waals surface area contributed by atoms with Gasteiger partial charge in [0.15, 0.2) is 17.3 Å². The molecule has 11 heteroatoms. The summed E-state index contributed by atoms with van der Waals surface area (Å²) in [6.45, 7) is 0. The number of para-hydroxylation sites is 1. The monoisotopic (exact) mass is 444 g/mol. The number of carbonyl (C=O) groups is 2. The number of ether oxygens (including phenoxy) is 2. The number of alkyl halides is 3. The maximum absolute atomic E-state index is 14.1. The maximum atomic E-state index is 14.1. The number of urea groups is 1. The standard InChI is InChI=1S/C19H19F3N2O5S/c1-24-17(26)23-14(10-6-4-7-11(28-2)16(10)29-3)13(18(24,27)19(20,21)22)15(25)12-8-5-9-30-12/h4-9,13-14,27H,1-3H3,(H,23,26)/t13-,14-,18-/m0/s1. The van der Waals surface area contributed by atoms with Gasteiger partial charge < -0.3 is 19.9 Å². The van der Waals surface area contributed by atoms with Crippen molar-refractivity contribution < 1.29 is 37.3 Å². The molecule has 2 amide bonds. The average molecular weight is 444 g/mol. The molecule has 0 unspecified atom stereocenters. The van der Waals surface area contributed by atoms with Crippen LogP contribution in [0.1, 0.15) is 21.3 Å². The van der Waals surface area contributed by atoms with Crippen LogP contribution in [0.4, 0.5) is 18.0 Å². The summed E-state index contributed by atoms with van der Waals surface area (Å²) >= 11 is 0.938. The number of carbonyl (C=O) groups excluding carboxylic acids is 2. The molecule has 0 saturated carbocycles. The highest BCUT2D eigenvalue weighted by Crippen LogP contribution is 2.50. The van der Waals surface area contributed by atoms with Gasteiger partial charge in [0.05, 0.1) is 25.1 Å². The molecular weight excluding hydrogens is 425 g/mol. The molecule has 162 valence electrons. The summed E-state index contributed by atoms with van der Waals surface area (Å²) in [7, 11) is 3.41. The number of methoxy groups -OCH3 is 2. The first-order chi connectivity index (χ1) is 14.1. The topological polar surface area (TPSA) is 88.1 Å². The van der Waals surface area contributed by atoms with E-state index >= 15 is 0 Å². The molecule has 0 spiro atoms. The zero-order chi connectivity index (χ0) is 22.3. The van der Waals surface area contributed by atoms with Gasteiger partial charge in [-0.25, -0.2) is 4.79 Å². The molecule has 7 nitrogen and oxygen atoms in total. The van der Waals surface area contributed by atoms with Crippen LogP contribution in [0.25, 0.3) is 0 Å². The van der Waals surface area contributed by atoms with E-state index in [1.807, 2.05) is 0 Å². The predicted molar refractivity (Wildman–Crippen MR) is 102 cm³/mol. The summed E-state index contributed by atoms with van der Waals surface area (Å²) in [6, 6.07) is 4.55. The largest absolute Gasteiger partial charge is 0.493 e. The van der Waals surface area contributed by atoms with Crippen LogP contribution in [-0.2, 0) is 0 Å². The Bertz CT molecular complexity index is 950. The SMILES string of the molecule is COc1cccc([C@@H]2NC(=O)N(C)[C@@](O)(C(F)(F)F)[C@@H]2C(=O)c2cccs2)c1OC. The maximum Gasteiger partial charge on any atom is 0.437 e. The Morgan fingerprint density at radius 3 is 2.47 bits per heavy atom. The number of ketones is 1. The number of nitrogens with zero attached hydrogens (tertiary/aromatic N) is 1. The third-order valence-electron chi connectivity index (χ3n) is 5.09. The Labute approximate surface area is 174 Å². The number of hydrogen-bond acceptors (Lipinski definition) is 6. The van der Waals surface area contributed by atoms with Gasteiger partial charge in [-0.2, -0.15) is 13.2 Å². The molecule has 1 saturated heterocycles. The minimum atomic E-state index is -5.32. The number of halogens is 3. The minimum absolute atomic E-state index is 0.0130. The molecule has 2 heterocycles. The van der Waals surface area contributed by atoms with Gasteiger partial charge in [0.25, 0.3) is 5.72 Å². The second kappa shape index (κ2) is 7.80. The number of benzene rings is 1. The molecule has 2 aromatic rings. The summed E-state index contributed by atoms with van der Waals surface area (Å²) in [5.74, 6) is -2.84. The number of nitrogens with one attached hydrogen (secondary N) is 1. The van der Waals surface area contributed by atoms with Gasteiger partial charge in [0, 0.05) is 12.6 Å². The summed E-state index contributed by atoms with van der Waals surface area (Å²) in [5.41, 5.74) is -3.69. The van der Waals surface area contributed by atoms with Gasteiger partial charge in [0.2, 0.25) is 0 Å². The first-order valence-corrected chi connectivity index (χ1v) is 9.57. The van der Waals surface area contributed by atoms with E-state index in [4.69, 9.17) is 9.47 Å². The Hall–Kier alpha value is -2.79. The molecule has 3 atom stereocenters. The van der Waals surface area contributed by atoms with E-state index in [-0.39, 0.29) is 26.8 Å². The number of aliphatic hydroxyl groups is 1. The van der Waals surface area contributed by atoms with Crippen LogP contribution in [0.15, 0.2) is 35.7 Å². The molecule has 1 aliphatic rings. The first-order valence-electron chi connectivity index (χ1n) is 8.70. The van der Waals surface area contributed by atoms with Gasteiger partial charge in [0.1, 0.15) is 5.92 Å². The van der Waals surface area contributed by atoms with E-state index in [0.717, 1.165) is 18.4 Å². The van der Waals surface area contributed by atoms with Crippen molar-refractivity contribution >= 4 is 23.2 Å². The Morgan fingerprint density at radius 1 is 1.23 bits per heavy atom. The Morgan fingerprint density at radius 2 is 1.93 bits per heavy atom. The van der Waals surface area contributed by atoms with E-state index < -0.39 is 35.7 Å². The molecule has 1 aliphatic heterocycles. The smallest absolute Gasteiger partial charge is 0.437 e. The zero-order valence-corrected chi connectivity index (χ0v) is 17.0. The number of hydrogen-bond donors (Lipinski definition) is 2. The Kier molecular flexibility index (Phi) is 5.70. The van der Waals surface area contributed by atoms with Crippen LogP contribution in [0, 0.1) is 5.92 Å². The van der Waals surface area contributed by atoms with Crippen molar-refractivity contribution in [1.29, 1.82) is 0 Å². The van der Waals surface area contributed by atoms with E-state index in [9.17, 15) is 27.9 Å². The highest BCUT2D eigenvalue weighted by atomic mass is 32.1. The Balaban J connectivity index is 2.27. The fraction of sp³-hybridized carbons (Fsp3) is 0.368. The highest BCUT2D eigenvalue weighted by molar-refractivity contribution is 7.12. The van der Waals surface area contributed by atoms with Crippen molar-refractivity contribution in [3.63, 3.8) is 0 Å². The average Bonchev–Trinajstić information content (AvgIpc) is 3.24. The normalized spacial score (nSPS) is 24.4. The van der Waals surface area contributed by atoms with Crippen LogP contribution in [0.2, 0.25) is 0 Å². The van der Waals surface area contributed by atoms with Crippen LogP contribution in [-0.4, -0.2) is 55.0 Å². The molecule has 0 aliphatic carbocycles. The van der Waals surface area contributed by atoms with Gasteiger partial charge in [-0.3, -0.25) is 9.69 Å². The third-order valence-corrected chi connectivity index (χ3v) is 5.98.